The van der Waals surface area contributed by atoms with E-state index in [1.54, 1.807) is 0 Å². The highest BCUT2D eigenvalue weighted by molar-refractivity contribution is 5.15. The van der Waals surface area contributed by atoms with Gasteiger partial charge in [0.1, 0.15) is 12.2 Å². The van der Waals surface area contributed by atoms with Crippen molar-refractivity contribution >= 4 is 0 Å². The third-order valence-electron chi connectivity index (χ3n) is 2.21. The Morgan fingerprint density at radius 1 is 1.15 bits per heavy atom. The average molecular weight is 184 g/mol. The standard InChI is InChI=1S/C11H20O2/c1-5-7-9(4)11(13)10(12)8(3)6-2/h6-7,10-13H,5H2,1-4H3/b8-6+,9-7+. The zero-order valence-electron chi connectivity index (χ0n) is 8.91. The Balaban J connectivity index is 4.42. The predicted octanol–water partition coefficient (Wildman–Crippen LogP) is 2.03. The van der Waals surface area contributed by atoms with E-state index in [1.165, 1.54) is 0 Å². The van der Waals surface area contributed by atoms with Crippen molar-refractivity contribution < 1.29 is 10.2 Å². The molecule has 76 valence electrons. The lowest BCUT2D eigenvalue weighted by Crippen LogP contribution is -2.27. The molecule has 0 aliphatic heterocycles. The van der Waals surface area contributed by atoms with Gasteiger partial charge < -0.3 is 10.2 Å². The van der Waals surface area contributed by atoms with Gasteiger partial charge in [-0.1, -0.05) is 19.1 Å². The zero-order chi connectivity index (χ0) is 10.4. The maximum atomic E-state index is 9.66. The largest absolute Gasteiger partial charge is 0.386 e. The van der Waals surface area contributed by atoms with Crippen LogP contribution in [0.3, 0.4) is 0 Å². The summed E-state index contributed by atoms with van der Waals surface area (Å²) in [7, 11) is 0. The monoisotopic (exact) mass is 184 g/mol. The summed E-state index contributed by atoms with van der Waals surface area (Å²) in [5.74, 6) is 0. The first-order chi connectivity index (χ1) is 6.04. The Hall–Kier alpha value is -0.600. The van der Waals surface area contributed by atoms with Crippen LogP contribution in [0.25, 0.3) is 0 Å². The van der Waals surface area contributed by atoms with Crippen LogP contribution in [0, 0.1) is 0 Å². The summed E-state index contributed by atoms with van der Waals surface area (Å²) in [5, 5.41) is 19.3. The second kappa shape index (κ2) is 5.95. The Kier molecular flexibility index (Phi) is 5.67. The number of hydrogen-bond donors (Lipinski definition) is 2. The van der Waals surface area contributed by atoms with Crippen LogP contribution in [0.1, 0.15) is 34.1 Å². The van der Waals surface area contributed by atoms with E-state index in [-0.39, 0.29) is 0 Å². The van der Waals surface area contributed by atoms with E-state index in [1.807, 2.05) is 39.8 Å². The number of rotatable bonds is 4. The maximum Gasteiger partial charge on any atom is 0.104 e. The third kappa shape index (κ3) is 3.75. The van der Waals surface area contributed by atoms with E-state index >= 15 is 0 Å². The number of aliphatic hydroxyl groups is 2. The molecule has 2 nitrogen and oxygen atoms in total. The van der Waals surface area contributed by atoms with Crippen molar-refractivity contribution in [3.8, 4) is 0 Å². The van der Waals surface area contributed by atoms with E-state index in [0.29, 0.717) is 0 Å². The molecule has 0 aliphatic rings. The molecule has 0 amide bonds. The topological polar surface area (TPSA) is 40.5 Å². The molecular formula is C11H20O2. The van der Waals surface area contributed by atoms with Crippen molar-refractivity contribution in [2.45, 2.75) is 46.3 Å². The van der Waals surface area contributed by atoms with Gasteiger partial charge in [0.25, 0.3) is 0 Å². The quantitative estimate of drug-likeness (QED) is 0.656. The molecule has 0 heterocycles. The average Bonchev–Trinajstić information content (AvgIpc) is 2.14. The van der Waals surface area contributed by atoms with Gasteiger partial charge in [-0.25, -0.2) is 0 Å². The summed E-state index contributed by atoms with van der Waals surface area (Å²) >= 11 is 0. The van der Waals surface area contributed by atoms with Gasteiger partial charge in [-0.3, -0.25) is 0 Å². The van der Waals surface area contributed by atoms with Crippen LogP contribution < -0.4 is 0 Å². The van der Waals surface area contributed by atoms with Crippen LogP contribution in [-0.2, 0) is 0 Å². The molecule has 0 aromatic carbocycles. The van der Waals surface area contributed by atoms with Crippen molar-refractivity contribution in [3.63, 3.8) is 0 Å². The lowest BCUT2D eigenvalue weighted by molar-refractivity contribution is 0.0655. The Morgan fingerprint density at radius 2 is 1.62 bits per heavy atom. The molecule has 0 spiro atoms. The second-order valence-corrected chi connectivity index (χ2v) is 3.28. The van der Waals surface area contributed by atoms with Crippen LogP contribution in [0.4, 0.5) is 0 Å². The van der Waals surface area contributed by atoms with Crippen molar-refractivity contribution in [2.75, 3.05) is 0 Å². The highest BCUT2D eigenvalue weighted by Gasteiger charge is 2.18. The minimum Gasteiger partial charge on any atom is -0.386 e. The molecule has 0 radical (unpaired) electrons. The van der Waals surface area contributed by atoms with E-state index in [0.717, 1.165) is 17.6 Å². The fourth-order valence-corrected chi connectivity index (χ4v) is 1.11. The summed E-state index contributed by atoms with van der Waals surface area (Å²) < 4.78 is 0. The molecular weight excluding hydrogens is 164 g/mol. The summed E-state index contributed by atoms with van der Waals surface area (Å²) in [5.41, 5.74) is 1.63. The normalized spacial score (nSPS) is 18.6. The first-order valence-electron chi connectivity index (χ1n) is 4.70. The molecule has 0 aliphatic carbocycles. The molecule has 0 aromatic heterocycles. The van der Waals surface area contributed by atoms with Crippen molar-refractivity contribution in [1.82, 2.24) is 0 Å². The molecule has 0 saturated carbocycles. The van der Waals surface area contributed by atoms with Gasteiger partial charge in [0, 0.05) is 0 Å². The fourth-order valence-electron chi connectivity index (χ4n) is 1.11. The summed E-state index contributed by atoms with van der Waals surface area (Å²) in [6.07, 6.45) is 3.08. The van der Waals surface area contributed by atoms with Crippen LogP contribution in [0.2, 0.25) is 0 Å². The molecule has 0 rings (SSSR count). The number of allylic oxidation sites excluding steroid dienone is 2. The molecule has 2 atom stereocenters. The summed E-state index contributed by atoms with van der Waals surface area (Å²) in [6, 6.07) is 0. The molecule has 0 aromatic rings. The number of aliphatic hydroxyl groups excluding tert-OH is 2. The second-order valence-electron chi connectivity index (χ2n) is 3.28. The minimum atomic E-state index is -0.771. The molecule has 2 unspecified atom stereocenters. The predicted molar refractivity (Wildman–Crippen MR) is 55.5 cm³/mol. The van der Waals surface area contributed by atoms with Gasteiger partial charge in [0.2, 0.25) is 0 Å². The van der Waals surface area contributed by atoms with Crippen LogP contribution in [0.15, 0.2) is 23.3 Å². The highest BCUT2D eigenvalue weighted by atomic mass is 16.3. The zero-order valence-corrected chi connectivity index (χ0v) is 8.91. The maximum absolute atomic E-state index is 9.66. The van der Waals surface area contributed by atoms with Gasteiger partial charge in [0.05, 0.1) is 0 Å². The smallest absolute Gasteiger partial charge is 0.104 e. The molecule has 0 fully saturated rings. The van der Waals surface area contributed by atoms with Gasteiger partial charge in [0.15, 0.2) is 0 Å². The summed E-state index contributed by atoms with van der Waals surface area (Å²) in [4.78, 5) is 0. The Labute approximate surface area is 80.6 Å². The van der Waals surface area contributed by atoms with E-state index in [9.17, 15) is 10.2 Å². The van der Waals surface area contributed by atoms with Crippen molar-refractivity contribution in [2.24, 2.45) is 0 Å². The lowest BCUT2D eigenvalue weighted by Gasteiger charge is -2.19. The van der Waals surface area contributed by atoms with Crippen LogP contribution >= 0.6 is 0 Å². The first kappa shape index (κ1) is 12.4. The van der Waals surface area contributed by atoms with E-state index < -0.39 is 12.2 Å². The van der Waals surface area contributed by atoms with E-state index in [2.05, 4.69) is 0 Å². The molecule has 2 heteroatoms. The Bertz CT molecular complexity index is 204. The molecule has 2 N–H and O–H groups in total. The molecule has 13 heavy (non-hydrogen) atoms. The molecule has 0 saturated heterocycles. The van der Waals surface area contributed by atoms with Crippen LogP contribution in [0.5, 0.6) is 0 Å². The lowest BCUT2D eigenvalue weighted by atomic mass is 9.99. The van der Waals surface area contributed by atoms with E-state index in [4.69, 9.17) is 0 Å². The molecule has 0 bridgehead atoms. The third-order valence-corrected chi connectivity index (χ3v) is 2.21. The SMILES string of the molecule is C/C=C(\C)C(O)C(O)/C(C)=C/CC. The van der Waals surface area contributed by atoms with Gasteiger partial charge >= 0.3 is 0 Å². The first-order valence-corrected chi connectivity index (χ1v) is 4.70. The van der Waals surface area contributed by atoms with Gasteiger partial charge in [-0.15, -0.1) is 0 Å². The van der Waals surface area contributed by atoms with Crippen molar-refractivity contribution in [1.29, 1.82) is 0 Å². The van der Waals surface area contributed by atoms with Crippen molar-refractivity contribution in [3.05, 3.63) is 23.3 Å². The van der Waals surface area contributed by atoms with Crippen LogP contribution in [-0.4, -0.2) is 22.4 Å². The highest BCUT2D eigenvalue weighted by Crippen LogP contribution is 2.13. The summed E-state index contributed by atoms with van der Waals surface area (Å²) in [6.45, 7) is 7.50. The van der Waals surface area contributed by atoms with Gasteiger partial charge in [-0.2, -0.15) is 0 Å². The minimum absolute atomic E-state index is 0.767. The number of hydrogen-bond acceptors (Lipinski definition) is 2. The Morgan fingerprint density at radius 3 is 2.00 bits per heavy atom. The van der Waals surface area contributed by atoms with Gasteiger partial charge in [-0.05, 0) is 38.3 Å². The fraction of sp³-hybridized carbons (Fsp3) is 0.636.